The zero-order valence-corrected chi connectivity index (χ0v) is 19.1. The van der Waals surface area contributed by atoms with E-state index in [1.54, 1.807) is 12.1 Å². The van der Waals surface area contributed by atoms with Crippen molar-refractivity contribution in [3.8, 4) is 11.1 Å². The van der Waals surface area contributed by atoms with E-state index in [1.165, 1.54) is 12.1 Å². The van der Waals surface area contributed by atoms with Gasteiger partial charge in [0.25, 0.3) is 5.91 Å². The molecule has 1 aliphatic carbocycles. The molecule has 5 rings (SSSR count). The van der Waals surface area contributed by atoms with Gasteiger partial charge >= 0.3 is 0 Å². The van der Waals surface area contributed by atoms with E-state index in [0.717, 1.165) is 66.6 Å². The summed E-state index contributed by atoms with van der Waals surface area (Å²) in [6.45, 7) is 1.30. The van der Waals surface area contributed by atoms with E-state index in [4.69, 9.17) is 4.98 Å². The van der Waals surface area contributed by atoms with Gasteiger partial charge in [0, 0.05) is 56.1 Å². The molecule has 1 aromatic carbocycles. The minimum atomic E-state index is -0.275. The molecule has 0 spiro atoms. The minimum Gasteiger partial charge on any atom is -0.347 e. The first-order valence-electron chi connectivity index (χ1n) is 11.7. The van der Waals surface area contributed by atoms with Crippen LogP contribution in [0.15, 0.2) is 30.5 Å². The zero-order valence-electron chi connectivity index (χ0n) is 19.1. The highest BCUT2D eigenvalue weighted by Crippen LogP contribution is 2.35. The average molecular weight is 449 g/mol. The molecule has 2 aromatic heterocycles. The van der Waals surface area contributed by atoms with Crippen LogP contribution in [-0.2, 0) is 12.8 Å². The molecular weight excluding hydrogens is 419 g/mol. The Labute approximate surface area is 193 Å². The second-order valence-electron chi connectivity index (χ2n) is 9.20. The van der Waals surface area contributed by atoms with E-state index >= 15 is 0 Å². The largest absolute Gasteiger partial charge is 0.347 e. The van der Waals surface area contributed by atoms with Crippen LogP contribution in [0.4, 0.5) is 10.3 Å². The quantitative estimate of drug-likeness (QED) is 0.654. The predicted octanol–water partition coefficient (Wildman–Crippen LogP) is 3.97. The third-order valence-electron chi connectivity index (χ3n) is 6.71. The predicted molar refractivity (Wildman–Crippen MR) is 125 cm³/mol. The smallest absolute Gasteiger partial charge is 0.274 e. The number of H-pyrrole nitrogens is 1. The van der Waals surface area contributed by atoms with Crippen molar-refractivity contribution in [3.05, 3.63) is 58.9 Å². The van der Waals surface area contributed by atoms with Gasteiger partial charge in [0.2, 0.25) is 5.95 Å². The van der Waals surface area contributed by atoms with E-state index in [2.05, 4.69) is 15.2 Å². The number of carbonyl (C=O) groups is 1. The standard InChI is InChI=1S/C25H29FN6O/c1-31(2)25-27-14-20(16-9-11-18(26)12-10-16)22(28-25)17-6-5-13-32(15-17)24(33)23-19-7-3-4-8-21(19)29-30-23/h9-12,14,17H,3-8,13,15H2,1-2H3,(H,29,30). The van der Waals surface area contributed by atoms with Gasteiger partial charge in [-0.25, -0.2) is 14.4 Å². The van der Waals surface area contributed by atoms with Crippen molar-refractivity contribution < 1.29 is 9.18 Å². The van der Waals surface area contributed by atoms with E-state index in [0.29, 0.717) is 24.7 Å². The van der Waals surface area contributed by atoms with Gasteiger partial charge in [-0.05, 0) is 56.2 Å². The molecule has 1 N–H and O–H groups in total. The van der Waals surface area contributed by atoms with E-state index < -0.39 is 0 Å². The molecule has 3 aromatic rings. The highest BCUT2D eigenvalue weighted by atomic mass is 19.1. The van der Waals surface area contributed by atoms with Crippen LogP contribution in [0.3, 0.4) is 0 Å². The van der Waals surface area contributed by atoms with Crippen molar-refractivity contribution in [1.82, 2.24) is 25.1 Å². The SMILES string of the molecule is CN(C)c1ncc(-c2ccc(F)cc2)c(C2CCCN(C(=O)c3n[nH]c4c3CCCC4)C2)n1. The number of benzene rings is 1. The van der Waals surface area contributed by atoms with Crippen LogP contribution < -0.4 is 4.90 Å². The number of piperidine rings is 1. The number of hydrogen-bond acceptors (Lipinski definition) is 5. The normalized spacial score (nSPS) is 18.2. The summed E-state index contributed by atoms with van der Waals surface area (Å²) in [6.07, 6.45) is 7.77. The molecule has 7 nitrogen and oxygen atoms in total. The van der Waals surface area contributed by atoms with Crippen LogP contribution in [0.2, 0.25) is 0 Å². The molecule has 0 saturated carbocycles. The lowest BCUT2D eigenvalue weighted by atomic mass is 9.89. The van der Waals surface area contributed by atoms with Crippen LogP contribution in [0.1, 0.15) is 59.0 Å². The number of fused-ring (bicyclic) bond motifs is 1. The number of halogens is 1. The lowest BCUT2D eigenvalue weighted by Crippen LogP contribution is -2.40. The molecule has 3 heterocycles. The van der Waals surface area contributed by atoms with Gasteiger partial charge in [0.05, 0.1) is 5.69 Å². The molecule has 1 amide bonds. The molecule has 8 heteroatoms. The van der Waals surface area contributed by atoms with Gasteiger partial charge in [0.15, 0.2) is 5.69 Å². The highest BCUT2D eigenvalue weighted by Gasteiger charge is 2.31. The molecule has 33 heavy (non-hydrogen) atoms. The first kappa shape index (κ1) is 21.6. The highest BCUT2D eigenvalue weighted by molar-refractivity contribution is 5.94. The third kappa shape index (κ3) is 4.21. The van der Waals surface area contributed by atoms with Gasteiger partial charge in [-0.15, -0.1) is 0 Å². The van der Waals surface area contributed by atoms with Crippen molar-refractivity contribution in [1.29, 1.82) is 0 Å². The Balaban J connectivity index is 1.46. The first-order chi connectivity index (χ1) is 16.0. The van der Waals surface area contributed by atoms with Crippen molar-refractivity contribution in [2.24, 2.45) is 0 Å². The Bertz CT molecular complexity index is 1160. The number of nitrogens with one attached hydrogen (secondary N) is 1. The Morgan fingerprint density at radius 1 is 1.15 bits per heavy atom. The van der Waals surface area contributed by atoms with Gasteiger partial charge in [-0.3, -0.25) is 9.89 Å². The monoisotopic (exact) mass is 448 g/mol. The Hall–Kier alpha value is -3.29. The topological polar surface area (TPSA) is 78.0 Å². The summed E-state index contributed by atoms with van der Waals surface area (Å²) in [5.41, 5.74) is 5.46. The molecule has 172 valence electrons. The number of aryl methyl sites for hydroxylation is 1. The second kappa shape index (κ2) is 8.92. The van der Waals surface area contributed by atoms with Crippen LogP contribution in [0.5, 0.6) is 0 Å². The lowest BCUT2D eigenvalue weighted by molar-refractivity contribution is 0.0698. The molecular formula is C25H29FN6O. The fourth-order valence-corrected chi connectivity index (χ4v) is 4.96. The molecule has 1 atom stereocenters. The summed E-state index contributed by atoms with van der Waals surface area (Å²) >= 11 is 0. The van der Waals surface area contributed by atoms with Crippen molar-refractivity contribution in [3.63, 3.8) is 0 Å². The van der Waals surface area contributed by atoms with Gasteiger partial charge in [-0.2, -0.15) is 5.10 Å². The van der Waals surface area contributed by atoms with Crippen LogP contribution in [0, 0.1) is 5.82 Å². The Morgan fingerprint density at radius 3 is 2.73 bits per heavy atom. The number of likely N-dealkylation sites (tertiary alicyclic amines) is 1. The molecule has 1 fully saturated rings. The maximum absolute atomic E-state index is 13.5. The number of anilines is 1. The number of aromatic amines is 1. The van der Waals surface area contributed by atoms with Crippen LogP contribution in [-0.4, -0.2) is 58.2 Å². The summed E-state index contributed by atoms with van der Waals surface area (Å²) in [4.78, 5) is 26.6. The zero-order chi connectivity index (χ0) is 22.9. The maximum atomic E-state index is 13.5. The number of aromatic nitrogens is 4. The first-order valence-corrected chi connectivity index (χ1v) is 11.7. The van der Waals surface area contributed by atoms with Crippen LogP contribution in [0.25, 0.3) is 11.1 Å². The van der Waals surface area contributed by atoms with Crippen molar-refractivity contribution in [2.45, 2.75) is 44.4 Å². The van der Waals surface area contributed by atoms with Crippen molar-refractivity contribution >= 4 is 11.9 Å². The second-order valence-corrected chi connectivity index (χ2v) is 9.20. The number of nitrogens with zero attached hydrogens (tertiary/aromatic N) is 5. The summed E-state index contributed by atoms with van der Waals surface area (Å²) in [7, 11) is 3.82. The molecule has 1 aliphatic heterocycles. The number of hydrogen-bond donors (Lipinski definition) is 1. The fourth-order valence-electron chi connectivity index (χ4n) is 4.96. The summed E-state index contributed by atoms with van der Waals surface area (Å²) in [5, 5.41) is 7.49. The number of rotatable bonds is 4. The number of carbonyl (C=O) groups excluding carboxylic acids is 1. The van der Waals surface area contributed by atoms with Gasteiger partial charge in [0.1, 0.15) is 5.82 Å². The average Bonchev–Trinajstić information content (AvgIpc) is 3.28. The van der Waals surface area contributed by atoms with E-state index in [9.17, 15) is 9.18 Å². The minimum absolute atomic E-state index is 0.00400. The summed E-state index contributed by atoms with van der Waals surface area (Å²) < 4.78 is 13.5. The molecule has 1 saturated heterocycles. The molecule has 0 bridgehead atoms. The number of amides is 1. The summed E-state index contributed by atoms with van der Waals surface area (Å²) in [6, 6.07) is 6.43. The Kier molecular flexibility index (Phi) is 5.83. The van der Waals surface area contributed by atoms with E-state index in [1.807, 2.05) is 30.1 Å². The maximum Gasteiger partial charge on any atom is 0.274 e. The fraction of sp³-hybridized carbons (Fsp3) is 0.440. The van der Waals surface area contributed by atoms with Crippen molar-refractivity contribution in [2.75, 3.05) is 32.1 Å². The lowest BCUT2D eigenvalue weighted by Gasteiger charge is -2.33. The molecule has 0 radical (unpaired) electrons. The van der Waals surface area contributed by atoms with E-state index in [-0.39, 0.29) is 17.6 Å². The molecule has 2 aliphatic rings. The third-order valence-corrected chi connectivity index (χ3v) is 6.71. The van der Waals surface area contributed by atoms with Gasteiger partial charge in [-0.1, -0.05) is 12.1 Å². The van der Waals surface area contributed by atoms with Gasteiger partial charge < -0.3 is 9.80 Å². The Morgan fingerprint density at radius 2 is 1.94 bits per heavy atom. The molecule has 1 unspecified atom stereocenters. The van der Waals surface area contributed by atoms with Crippen LogP contribution >= 0.6 is 0 Å². The summed E-state index contributed by atoms with van der Waals surface area (Å²) in [5.74, 6) is 0.423.